The minimum absolute atomic E-state index is 0.0250. The molecule has 3 rings (SSSR count). The maximum absolute atomic E-state index is 12.0. The number of nitrogens with one attached hydrogen (secondary N) is 2. The lowest BCUT2D eigenvalue weighted by molar-refractivity contribution is -0.118. The summed E-state index contributed by atoms with van der Waals surface area (Å²) in [5, 5.41) is 6.41. The van der Waals surface area contributed by atoms with Crippen LogP contribution in [0.15, 0.2) is 24.3 Å². The van der Waals surface area contributed by atoms with Crippen molar-refractivity contribution in [3.63, 3.8) is 0 Å². The second kappa shape index (κ2) is 4.49. The van der Waals surface area contributed by atoms with Gasteiger partial charge in [-0.25, -0.2) is 0 Å². The molecule has 0 bridgehead atoms. The summed E-state index contributed by atoms with van der Waals surface area (Å²) in [6, 6.07) is 8.05. The molecule has 3 nitrogen and oxygen atoms in total. The first kappa shape index (κ1) is 10.8. The van der Waals surface area contributed by atoms with Gasteiger partial charge in [-0.1, -0.05) is 18.2 Å². The van der Waals surface area contributed by atoms with Gasteiger partial charge in [-0.05, 0) is 49.8 Å². The Hall–Kier alpha value is -1.35. The number of para-hydroxylation sites is 1. The van der Waals surface area contributed by atoms with Crippen LogP contribution in [0, 0.1) is 5.92 Å². The fraction of sp³-hybridized carbons (Fsp3) is 0.500. The van der Waals surface area contributed by atoms with Gasteiger partial charge in [-0.15, -0.1) is 0 Å². The Labute approximate surface area is 102 Å². The van der Waals surface area contributed by atoms with Crippen molar-refractivity contribution in [3.8, 4) is 0 Å². The SMILES string of the molecule is O=C1Nc2ccccc2CCC1NCC1CC1. The zero-order valence-corrected chi connectivity index (χ0v) is 9.91. The summed E-state index contributed by atoms with van der Waals surface area (Å²) >= 11 is 0. The van der Waals surface area contributed by atoms with Gasteiger partial charge in [0.25, 0.3) is 0 Å². The average Bonchev–Trinajstić information content (AvgIpc) is 3.14. The number of hydrogen-bond donors (Lipinski definition) is 2. The van der Waals surface area contributed by atoms with Crippen LogP contribution >= 0.6 is 0 Å². The molecular formula is C14H18N2O. The van der Waals surface area contributed by atoms with Crippen LogP contribution in [0.4, 0.5) is 5.69 Å². The number of hydrogen-bond acceptors (Lipinski definition) is 2. The van der Waals surface area contributed by atoms with Crippen molar-refractivity contribution in [1.29, 1.82) is 0 Å². The second-order valence-corrected chi connectivity index (χ2v) is 5.09. The van der Waals surface area contributed by atoms with Crippen molar-refractivity contribution < 1.29 is 4.79 Å². The molecule has 0 saturated heterocycles. The van der Waals surface area contributed by atoms with Gasteiger partial charge in [-0.3, -0.25) is 4.79 Å². The van der Waals surface area contributed by atoms with Gasteiger partial charge >= 0.3 is 0 Å². The van der Waals surface area contributed by atoms with Crippen LogP contribution in [-0.2, 0) is 11.2 Å². The topological polar surface area (TPSA) is 41.1 Å². The number of fused-ring (bicyclic) bond motifs is 1. The maximum atomic E-state index is 12.0. The first-order valence-electron chi connectivity index (χ1n) is 6.45. The highest BCUT2D eigenvalue weighted by Gasteiger charge is 2.26. The molecule has 1 fully saturated rings. The third-order valence-corrected chi connectivity index (χ3v) is 3.64. The summed E-state index contributed by atoms with van der Waals surface area (Å²) in [6.07, 6.45) is 4.51. The Morgan fingerprint density at radius 1 is 1.24 bits per heavy atom. The number of rotatable bonds is 3. The highest BCUT2D eigenvalue weighted by atomic mass is 16.2. The van der Waals surface area contributed by atoms with E-state index in [1.165, 1.54) is 18.4 Å². The van der Waals surface area contributed by atoms with Gasteiger partial charge < -0.3 is 10.6 Å². The highest BCUT2D eigenvalue weighted by Crippen LogP contribution is 2.28. The quantitative estimate of drug-likeness (QED) is 0.833. The largest absolute Gasteiger partial charge is 0.324 e. The lowest BCUT2D eigenvalue weighted by atomic mass is 10.1. The van der Waals surface area contributed by atoms with Crippen molar-refractivity contribution in [2.75, 3.05) is 11.9 Å². The summed E-state index contributed by atoms with van der Waals surface area (Å²) in [5.41, 5.74) is 2.23. The molecule has 90 valence electrons. The van der Waals surface area contributed by atoms with E-state index in [-0.39, 0.29) is 11.9 Å². The minimum Gasteiger partial charge on any atom is -0.324 e. The van der Waals surface area contributed by atoms with Gasteiger partial charge in [-0.2, -0.15) is 0 Å². The Balaban J connectivity index is 1.68. The van der Waals surface area contributed by atoms with Crippen LogP contribution < -0.4 is 10.6 Å². The molecule has 1 aliphatic heterocycles. The molecule has 1 atom stereocenters. The number of anilines is 1. The Kier molecular flexibility index (Phi) is 2.85. The van der Waals surface area contributed by atoms with Gasteiger partial charge in [0.15, 0.2) is 0 Å². The van der Waals surface area contributed by atoms with Crippen LogP contribution in [0.25, 0.3) is 0 Å². The standard InChI is InChI=1S/C14H18N2O/c17-14-13(15-9-10-5-6-10)8-7-11-3-1-2-4-12(11)16-14/h1-4,10,13,15H,5-9H2,(H,16,17). The van der Waals surface area contributed by atoms with Gasteiger partial charge in [0.2, 0.25) is 5.91 Å². The molecule has 0 radical (unpaired) electrons. The molecule has 17 heavy (non-hydrogen) atoms. The van der Waals surface area contributed by atoms with Crippen LogP contribution in [0.5, 0.6) is 0 Å². The number of carbonyl (C=O) groups is 1. The average molecular weight is 230 g/mol. The van der Waals surface area contributed by atoms with E-state index in [0.29, 0.717) is 0 Å². The molecule has 1 heterocycles. The van der Waals surface area contributed by atoms with E-state index in [4.69, 9.17) is 0 Å². The maximum Gasteiger partial charge on any atom is 0.241 e. The Morgan fingerprint density at radius 2 is 2.06 bits per heavy atom. The monoisotopic (exact) mass is 230 g/mol. The van der Waals surface area contributed by atoms with Gasteiger partial charge in [0, 0.05) is 5.69 Å². The summed E-state index contributed by atoms with van der Waals surface area (Å²) in [6.45, 7) is 0.994. The molecule has 1 unspecified atom stereocenters. The van der Waals surface area contributed by atoms with Crippen molar-refractivity contribution in [1.82, 2.24) is 5.32 Å². The van der Waals surface area contributed by atoms with E-state index in [1.54, 1.807) is 0 Å². The van der Waals surface area contributed by atoms with Gasteiger partial charge in [0.05, 0.1) is 6.04 Å². The smallest absolute Gasteiger partial charge is 0.241 e. The second-order valence-electron chi connectivity index (χ2n) is 5.09. The predicted molar refractivity (Wildman–Crippen MR) is 67.9 cm³/mol. The Morgan fingerprint density at radius 3 is 2.88 bits per heavy atom. The third-order valence-electron chi connectivity index (χ3n) is 3.64. The molecule has 1 amide bonds. The zero-order valence-electron chi connectivity index (χ0n) is 9.91. The normalized spacial score (nSPS) is 23.8. The fourth-order valence-electron chi connectivity index (χ4n) is 2.34. The molecule has 3 heteroatoms. The van der Waals surface area contributed by atoms with Crippen molar-refractivity contribution >= 4 is 11.6 Å². The van der Waals surface area contributed by atoms with Crippen molar-refractivity contribution in [2.24, 2.45) is 5.92 Å². The lowest BCUT2D eigenvalue weighted by Gasteiger charge is -2.14. The zero-order chi connectivity index (χ0) is 11.7. The van der Waals surface area contributed by atoms with E-state index in [9.17, 15) is 4.79 Å². The highest BCUT2D eigenvalue weighted by molar-refractivity contribution is 5.96. The molecule has 0 aromatic heterocycles. The molecule has 1 saturated carbocycles. The number of benzene rings is 1. The van der Waals surface area contributed by atoms with Crippen LogP contribution in [0.1, 0.15) is 24.8 Å². The first-order chi connectivity index (χ1) is 8.33. The molecular weight excluding hydrogens is 212 g/mol. The van der Waals surface area contributed by atoms with Crippen LogP contribution in [0.3, 0.4) is 0 Å². The molecule has 1 aromatic rings. The summed E-state index contributed by atoms with van der Waals surface area (Å²) < 4.78 is 0. The van der Waals surface area contributed by atoms with E-state index in [0.717, 1.165) is 31.0 Å². The van der Waals surface area contributed by atoms with E-state index in [1.807, 2.05) is 18.2 Å². The molecule has 1 aromatic carbocycles. The number of carbonyl (C=O) groups excluding carboxylic acids is 1. The summed E-state index contributed by atoms with van der Waals surface area (Å²) in [5.74, 6) is 0.934. The first-order valence-corrected chi connectivity index (χ1v) is 6.45. The van der Waals surface area contributed by atoms with E-state index in [2.05, 4.69) is 16.7 Å². The summed E-state index contributed by atoms with van der Waals surface area (Å²) in [4.78, 5) is 12.0. The van der Waals surface area contributed by atoms with Crippen molar-refractivity contribution in [3.05, 3.63) is 29.8 Å². The molecule has 1 aliphatic carbocycles. The third kappa shape index (κ3) is 2.50. The predicted octanol–water partition coefficient (Wildman–Crippen LogP) is 1.94. The van der Waals surface area contributed by atoms with Crippen molar-refractivity contribution in [2.45, 2.75) is 31.7 Å². The summed E-state index contributed by atoms with van der Waals surface area (Å²) in [7, 11) is 0. The van der Waals surface area contributed by atoms with Crippen LogP contribution in [0.2, 0.25) is 0 Å². The number of amides is 1. The number of aryl methyl sites for hydroxylation is 1. The fourth-order valence-corrected chi connectivity index (χ4v) is 2.34. The lowest BCUT2D eigenvalue weighted by Crippen LogP contribution is -2.40. The molecule has 2 aliphatic rings. The van der Waals surface area contributed by atoms with Crippen LogP contribution in [-0.4, -0.2) is 18.5 Å². The Bertz CT molecular complexity index is 426. The minimum atomic E-state index is -0.0250. The molecule has 0 spiro atoms. The van der Waals surface area contributed by atoms with E-state index < -0.39 is 0 Å². The van der Waals surface area contributed by atoms with Gasteiger partial charge in [0.1, 0.15) is 0 Å². The van der Waals surface area contributed by atoms with E-state index >= 15 is 0 Å². The molecule has 2 N–H and O–H groups in total.